The number of fused-ring (bicyclic) bond motifs is 1. The van der Waals surface area contributed by atoms with Gasteiger partial charge in [0.05, 0.1) is 5.69 Å². The van der Waals surface area contributed by atoms with Crippen LogP contribution < -0.4 is 0 Å². The number of carbonyl (C=O) groups is 1. The molecule has 3 aromatic heterocycles. The first kappa shape index (κ1) is 9.65. The molecular formula is C12H8N4O. The van der Waals surface area contributed by atoms with Crippen LogP contribution in [0.1, 0.15) is 10.5 Å². The summed E-state index contributed by atoms with van der Waals surface area (Å²) in [5.41, 5.74) is 1.99. The summed E-state index contributed by atoms with van der Waals surface area (Å²) in [7, 11) is 0. The SMILES string of the molecule is O=Cc1cccc2nnc(-c3cccnc3)n12. The monoisotopic (exact) mass is 224 g/mol. The van der Waals surface area contributed by atoms with Crippen molar-refractivity contribution < 1.29 is 4.79 Å². The lowest BCUT2D eigenvalue weighted by molar-refractivity contribution is 0.111. The number of nitrogens with zero attached hydrogens (tertiary/aromatic N) is 4. The average Bonchev–Trinajstić information content (AvgIpc) is 2.83. The molecule has 0 unspecified atom stereocenters. The number of aldehydes is 1. The Morgan fingerprint density at radius 1 is 1.12 bits per heavy atom. The van der Waals surface area contributed by atoms with Gasteiger partial charge in [-0.3, -0.25) is 14.2 Å². The molecule has 82 valence electrons. The molecule has 17 heavy (non-hydrogen) atoms. The largest absolute Gasteiger partial charge is 0.296 e. The molecule has 0 aliphatic carbocycles. The molecule has 0 aromatic carbocycles. The van der Waals surface area contributed by atoms with E-state index in [0.29, 0.717) is 17.2 Å². The highest BCUT2D eigenvalue weighted by molar-refractivity contribution is 5.76. The molecule has 0 atom stereocenters. The van der Waals surface area contributed by atoms with E-state index in [0.717, 1.165) is 11.8 Å². The van der Waals surface area contributed by atoms with Crippen molar-refractivity contribution in [1.82, 2.24) is 19.6 Å². The third-order valence-corrected chi connectivity index (χ3v) is 2.50. The van der Waals surface area contributed by atoms with E-state index in [1.165, 1.54) is 0 Å². The van der Waals surface area contributed by atoms with E-state index >= 15 is 0 Å². The smallest absolute Gasteiger partial charge is 0.170 e. The van der Waals surface area contributed by atoms with Gasteiger partial charge < -0.3 is 0 Å². The van der Waals surface area contributed by atoms with Gasteiger partial charge in [-0.05, 0) is 24.3 Å². The molecule has 5 heteroatoms. The Hall–Kier alpha value is -2.56. The molecule has 0 bridgehead atoms. The van der Waals surface area contributed by atoms with Gasteiger partial charge >= 0.3 is 0 Å². The Balaban J connectivity index is 2.35. The molecule has 0 saturated heterocycles. The van der Waals surface area contributed by atoms with E-state index in [1.807, 2.05) is 12.1 Å². The highest BCUT2D eigenvalue weighted by Gasteiger charge is 2.10. The molecule has 0 N–H and O–H groups in total. The maximum Gasteiger partial charge on any atom is 0.170 e. The Labute approximate surface area is 96.8 Å². The Bertz CT molecular complexity index is 675. The van der Waals surface area contributed by atoms with Crippen molar-refractivity contribution in [2.75, 3.05) is 0 Å². The molecule has 3 rings (SSSR count). The first-order valence-corrected chi connectivity index (χ1v) is 5.10. The van der Waals surface area contributed by atoms with E-state index in [2.05, 4.69) is 15.2 Å². The molecule has 0 aliphatic heterocycles. The second kappa shape index (κ2) is 3.79. The minimum Gasteiger partial charge on any atom is -0.296 e. The number of aromatic nitrogens is 4. The van der Waals surface area contributed by atoms with Gasteiger partial charge in [-0.2, -0.15) is 0 Å². The van der Waals surface area contributed by atoms with Gasteiger partial charge in [0.15, 0.2) is 17.8 Å². The molecule has 0 fully saturated rings. The van der Waals surface area contributed by atoms with Crippen molar-refractivity contribution in [1.29, 1.82) is 0 Å². The van der Waals surface area contributed by atoms with Crippen LogP contribution in [0.25, 0.3) is 17.0 Å². The number of carbonyl (C=O) groups excluding carboxylic acids is 1. The minimum atomic E-state index is 0.520. The quantitative estimate of drug-likeness (QED) is 0.620. The molecule has 0 saturated carbocycles. The van der Waals surface area contributed by atoms with Crippen LogP contribution in [-0.4, -0.2) is 25.9 Å². The van der Waals surface area contributed by atoms with Crippen LogP contribution in [0, 0.1) is 0 Å². The fourth-order valence-corrected chi connectivity index (χ4v) is 1.74. The van der Waals surface area contributed by atoms with Gasteiger partial charge in [-0.25, -0.2) is 0 Å². The van der Waals surface area contributed by atoms with Crippen LogP contribution in [0.3, 0.4) is 0 Å². The standard InChI is InChI=1S/C12H8N4O/c17-8-10-4-1-5-11-14-15-12(16(10)11)9-3-2-6-13-7-9/h1-8H. The van der Waals surface area contributed by atoms with Gasteiger partial charge in [-0.1, -0.05) is 6.07 Å². The highest BCUT2D eigenvalue weighted by Crippen LogP contribution is 2.18. The lowest BCUT2D eigenvalue weighted by Crippen LogP contribution is -1.97. The zero-order valence-electron chi connectivity index (χ0n) is 8.82. The van der Waals surface area contributed by atoms with Crippen molar-refractivity contribution in [3.8, 4) is 11.4 Å². The van der Waals surface area contributed by atoms with Gasteiger partial charge in [-0.15, -0.1) is 10.2 Å². The van der Waals surface area contributed by atoms with E-state index in [1.54, 1.807) is 35.0 Å². The van der Waals surface area contributed by atoms with E-state index in [9.17, 15) is 4.79 Å². The Morgan fingerprint density at radius 2 is 2.06 bits per heavy atom. The van der Waals surface area contributed by atoms with Crippen molar-refractivity contribution >= 4 is 11.9 Å². The third kappa shape index (κ3) is 1.48. The maximum atomic E-state index is 11.0. The molecular weight excluding hydrogens is 216 g/mol. The van der Waals surface area contributed by atoms with E-state index in [-0.39, 0.29) is 0 Å². The first-order valence-electron chi connectivity index (χ1n) is 5.10. The van der Waals surface area contributed by atoms with E-state index < -0.39 is 0 Å². The molecule has 3 heterocycles. The lowest BCUT2D eigenvalue weighted by Gasteiger charge is -2.01. The van der Waals surface area contributed by atoms with Crippen molar-refractivity contribution in [2.45, 2.75) is 0 Å². The van der Waals surface area contributed by atoms with Gasteiger partial charge in [0.25, 0.3) is 0 Å². The van der Waals surface area contributed by atoms with Crippen molar-refractivity contribution in [2.24, 2.45) is 0 Å². The molecule has 0 spiro atoms. The van der Waals surface area contributed by atoms with Gasteiger partial charge in [0, 0.05) is 18.0 Å². The minimum absolute atomic E-state index is 0.520. The Morgan fingerprint density at radius 3 is 2.82 bits per heavy atom. The predicted molar refractivity (Wildman–Crippen MR) is 61.6 cm³/mol. The molecule has 0 aliphatic rings. The topological polar surface area (TPSA) is 60.2 Å². The summed E-state index contributed by atoms with van der Waals surface area (Å²) in [4.78, 5) is 15.0. The first-order chi connectivity index (χ1) is 8.40. The van der Waals surface area contributed by atoms with Crippen LogP contribution in [0.4, 0.5) is 0 Å². The van der Waals surface area contributed by atoms with Gasteiger partial charge in [0.2, 0.25) is 0 Å². The van der Waals surface area contributed by atoms with Crippen LogP contribution in [0.5, 0.6) is 0 Å². The van der Waals surface area contributed by atoms with Crippen LogP contribution in [-0.2, 0) is 0 Å². The number of rotatable bonds is 2. The van der Waals surface area contributed by atoms with Crippen LogP contribution in [0.2, 0.25) is 0 Å². The maximum absolute atomic E-state index is 11.0. The van der Waals surface area contributed by atoms with Crippen molar-refractivity contribution in [3.63, 3.8) is 0 Å². The van der Waals surface area contributed by atoms with E-state index in [4.69, 9.17) is 0 Å². The summed E-state index contributed by atoms with van der Waals surface area (Å²) < 4.78 is 1.71. The fourth-order valence-electron chi connectivity index (χ4n) is 1.74. The summed E-state index contributed by atoms with van der Waals surface area (Å²) >= 11 is 0. The Kier molecular flexibility index (Phi) is 2.15. The normalized spacial score (nSPS) is 10.6. The summed E-state index contributed by atoms with van der Waals surface area (Å²) in [6.45, 7) is 0. The average molecular weight is 224 g/mol. The lowest BCUT2D eigenvalue weighted by atomic mass is 10.2. The summed E-state index contributed by atoms with van der Waals surface area (Å²) in [5.74, 6) is 0.621. The molecule has 5 nitrogen and oxygen atoms in total. The predicted octanol–water partition coefficient (Wildman–Crippen LogP) is 1.60. The second-order valence-electron chi connectivity index (χ2n) is 3.53. The summed E-state index contributed by atoms with van der Waals surface area (Å²) in [6.07, 6.45) is 4.17. The van der Waals surface area contributed by atoms with Crippen LogP contribution >= 0.6 is 0 Å². The molecule has 0 radical (unpaired) electrons. The number of pyridine rings is 2. The molecule has 3 aromatic rings. The highest BCUT2D eigenvalue weighted by atomic mass is 16.1. The number of hydrogen-bond donors (Lipinski definition) is 0. The summed E-state index contributed by atoms with van der Waals surface area (Å²) in [6, 6.07) is 9.01. The van der Waals surface area contributed by atoms with Gasteiger partial charge in [0.1, 0.15) is 0 Å². The zero-order chi connectivity index (χ0) is 11.7. The zero-order valence-corrected chi connectivity index (χ0v) is 8.82. The molecule has 0 amide bonds. The van der Waals surface area contributed by atoms with Crippen molar-refractivity contribution in [3.05, 3.63) is 48.4 Å². The number of hydrogen-bond acceptors (Lipinski definition) is 4. The second-order valence-corrected chi connectivity index (χ2v) is 3.53. The fraction of sp³-hybridized carbons (Fsp3) is 0. The third-order valence-electron chi connectivity index (χ3n) is 2.50. The summed E-state index contributed by atoms with van der Waals surface area (Å²) in [5, 5.41) is 8.12. The van der Waals surface area contributed by atoms with Crippen LogP contribution in [0.15, 0.2) is 42.7 Å².